The molecule has 0 saturated heterocycles. The molecule has 1 aliphatic heterocycles. The summed E-state index contributed by atoms with van der Waals surface area (Å²) in [5.74, 6) is 1.95. The van der Waals surface area contributed by atoms with E-state index in [1.807, 2.05) is 66.4 Å². The first-order valence-corrected chi connectivity index (χ1v) is 15.5. The smallest absolute Gasteiger partial charge is 0.211 e. The molecule has 8 aromatic rings. The number of benzene rings is 6. The Morgan fingerprint density at radius 1 is 0.688 bits per heavy atom. The SMILES string of the molecule is Cc1cccc2nc(-n3c4[c-]c(Oc5[c-]c(N6C=CN(c7cccc(-c8ccccc8)c7)[CH-]6)ccc5)ccc4c4ccccc43)[nH]c12.[Pt]. The number of rotatable bonds is 6. The monoisotopic (exact) mass is 801 g/mol. The molecule has 0 spiro atoms. The Bertz CT molecular complexity index is 2460. The molecule has 0 radical (unpaired) electrons. The van der Waals surface area contributed by atoms with Gasteiger partial charge in [0.2, 0.25) is 5.95 Å². The molecule has 2 aromatic heterocycles. The fourth-order valence-electron chi connectivity index (χ4n) is 6.31. The largest absolute Gasteiger partial charge is 0.509 e. The zero-order chi connectivity index (χ0) is 31.3. The summed E-state index contributed by atoms with van der Waals surface area (Å²) < 4.78 is 8.52. The van der Waals surface area contributed by atoms with E-state index in [1.165, 1.54) is 11.1 Å². The molecule has 3 heterocycles. The van der Waals surface area contributed by atoms with E-state index < -0.39 is 0 Å². The van der Waals surface area contributed by atoms with Gasteiger partial charge < -0.3 is 24.1 Å². The number of nitrogens with zero attached hydrogens (tertiary/aromatic N) is 4. The molecule has 1 aliphatic rings. The number of H-pyrrole nitrogens is 1. The molecule has 1 N–H and O–H groups in total. The van der Waals surface area contributed by atoms with Gasteiger partial charge in [-0.05, 0) is 65.7 Å². The van der Waals surface area contributed by atoms with E-state index in [9.17, 15) is 0 Å². The summed E-state index contributed by atoms with van der Waals surface area (Å²) in [6, 6.07) is 50.4. The molecule has 0 saturated carbocycles. The number of para-hydroxylation sites is 2. The van der Waals surface area contributed by atoms with Crippen molar-refractivity contribution < 1.29 is 25.8 Å². The minimum Gasteiger partial charge on any atom is -0.509 e. The number of fused-ring (bicyclic) bond motifs is 4. The van der Waals surface area contributed by atoms with Crippen LogP contribution >= 0.6 is 0 Å². The Balaban J connectivity index is 0.00000336. The molecule has 0 amide bonds. The van der Waals surface area contributed by atoms with E-state index in [2.05, 4.69) is 118 Å². The van der Waals surface area contributed by atoms with Crippen molar-refractivity contribution in [3.63, 3.8) is 0 Å². The summed E-state index contributed by atoms with van der Waals surface area (Å²) in [5.41, 5.74) is 9.37. The second kappa shape index (κ2) is 12.2. The first-order chi connectivity index (χ1) is 23.2. The molecule has 0 bridgehead atoms. The minimum absolute atomic E-state index is 0. The Morgan fingerprint density at radius 2 is 1.46 bits per heavy atom. The standard InChI is InChI=1S/C41H28N5O.Pt/c1-28-10-7-18-37-40(28)43-41(42-37)46-38-19-6-5-17-35(38)36-21-20-34(26-39(36)46)47-33-16-9-15-32(25-33)45-23-22-44(27-45)31-14-8-13-30(24-31)29-11-3-2-4-12-29;/h2-24,27H,1H3,(H,42,43);/q-3;. The van der Waals surface area contributed by atoms with Gasteiger partial charge in [0.25, 0.3) is 0 Å². The predicted molar refractivity (Wildman–Crippen MR) is 190 cm³/mol. The second-order valence-electron chi connectivity index (χ2n) is 11.6. The Kier molecular flexibility index (Phi) is 7.58. The van der Waals surface area contributed by atoms with Crippen LogP contribution in [0.3, 0.4) is 0 Å². The third kappa shape index (κ3) is 5.25. The molecule has 0 fully saturated rings. The van der Waals surface area contributed by atoms with E-state index in [0.717, 1.165) is 55.7 Å². The van der Waals surface area contributed by atoms with Gasteiger partial charge in [-0.1, -0.05) is 78.3 Å². The number of nitrogens with one attached hydrogen (secondary N) is 1. The van der Waals surface area contributed by atoms with Crippen LogP contribution in [-0.4, -0.2) is 14.5 Å². The van der Waals surface area contributed by atoms with Crippen LogP contribution in [0.5, 0.6) is 11.5 Å². The van der Waals surface area contributed by atoms with Crippen LogP contribution in [0.1, 0.15) is 5.56 Å². The van der Waals surface area contributed by atoms with Crippen molar-refractivity contribution in [2.24, 2.45) is 0 Å². The fraction of sp³-hybridized carbons (Fsp3) is 0.0244. The van der Waals surface area contributed by atoms with Gasteiger partial charge in [-0.15, -0.1) is 48.1 Å². The van der Waals surface area contributed by atoms with E-state index in [0.29, 0.717) is 11.5 Å². The molecule has 6 aromatic carbocycles. The average molecular weight is 802 g/mol. The molecule has 0 aliphatic carbocycles. The maximum absolute atomic E-state index is 6.39. The van der Waals surface area contributed by atoms with Crippen LogP contribution in [0.2, 0.25) is 0 Å². The van der Waals surface area contributed by atoms with Crippen LogP contribution < -0.4 is 14.5 Å². The number of hydrogen-bond donors (Lipinski definition) is 1. The predicted octanol–water partition coefficient (Wildman–Crippen LogP) is 9.94. The van der Waals surface area contributed by atoms with Gasteiger partial charge in [0, 0.05) is 43.8 Å². The van der Waals surface area contributed by atoms with Crippen LogP contribution in [0.15, 0.2) is 140 Å². The number of ether oxygens (including phenoxy) is 1. The molecule has 0 atom stereocenters. The third-order valence-electron chi connectivity index (χ3n) is 8.62. The fourth-order valence-corrected chi connectivity index (χ4v) is 6.31. The number of aromatic amines is 1. The first kappa shape index (κ1) is 29.8. The first-order valence-electron chi connectivity index (χ1n) is 15.5. The van der Waals surface area contributed by atoms with E-state index >= 15 is 0 Å². The van der Waals surface area contributed by atoms with Crippen molar-refractivity contribution in [2.75, 3.05) is 9.80 Å². The van der Waals surface area contributed by atoms with E-state index in [1.54, 1.807) is 0 Å². The van der Waals surface area contributed by atoms with E-state index in [4.69, 9.17) is 9.72 Å². The summed E-state index contributed by atoms with van der Waals surface area (Å²) in [5, 5.41) is 2.21. The Morgan fingerprint density at radius 3 is 2.35 bits per heavy atom. The summed E-state index contributed by atoms with van der Waals surface area (Å²) in [4.78, 5) is 12.6. The van der Waals surface area contributed by atoms with Gasteiger partial charge in [-0.2, -0.15) is 12.1 Å². The number of imidazole rings is 1. The topological polar surface area (TPSA) is 49.3 Å². The summed E-state index contributed by atoms with van der Waals surface area (Å²) >= 11 is 0. The van der Waals surface area contributed by atoms with Gasteiger partial charge in [0.15, 0.2) is 0 Å². The molecule has 9 rings (SSSR count). The van der Waals surface area contributed by atoms with Gasteiger partial charge in [-0.25, -0.2) is 4.98 Å². The zero-order valence-corrected chi connectivity index (χ0v) is 28.1. The molecule has 236 valence electrons. The van der Waals surface area contributed by atoms with Crippen molar-refractivity contribution in [2.45, 2.75) is 6.92 Å². The van der Waals surface area contributed by atoms with Crippen molar-refractivity contribution in [1.82, 2.24) is 14.5 Å². The van der Waals surface area contributed by atoms with Crippen LogP contribution in [0.4, 0.5) is 11.4 Å². The Labute approximate surface area is 292 Å². The molecular formula is C41H28N5OPt-3. The number of aryl methyl sites for hydroxylation is 1. The quantitative estimate of drug-likeness (QED) is 0.170. The van der Waals surface area contributed by atoms with Crippen molar-refractivity contribution in [3.8, 4) is 28.6 Å². The van der Waals surface area contributed by atoms with Gasteiger partial charge in [0.1, 0.15) is 0 Å². The molecule has 0 unspecified atom stereocenters. The second-order valence-corrected chi connectivity index (χ2v) is 11.6. The number of anilines is 2. The van der Waals surface area contributed by atoms with Gasteiger partial charge >= 0.3 is 0 Å². The summed E-state index contributed by atoms with van der Waals surface area (Å²) in [7, 11) is 0. The summed E-state index contributed by atoms with van der Waals surface area (Å²) in [6.07, 6.45) is 4.07. The molecule has 6 nitrogen and oxygen atoms in total. The van der Waals surface area contributed by atoms with Crippen LogP contribution in [-0.2, 0) is 21.1 Å². The summed E-state index contributed by atoms with van der Waals surface area (Å²) in [6.45, 7) is 4.14. The maximum atomic E-state index is 6.39. The zero-order valence-electron chi connectivity index (χ0n) is 25.9. The third-order valence-corrected chi connectivity index (χ3v) is 8.62. The maximum Gasteiger partial charge on any atom is 0.211 e. The van der Waals surface area contributed by atoms with Gasteiger partial charge in [0.05, 0.1) is 11.0 Å². The normalized spacial score (nSPS) is 12.7. The number of hydrogen-bond acceptors (Lipinski definition) is 4. The van der Waals surface area contributed by atoms with Crippen molar-refractivity contribution >= 4 is 44.2 Å². The van der Waals surface area contributed by atoms with Crippen molar-refractivity contribution in [1.29, 1.82) is 0 Å². The Hall–Kier alpha value is -5.58. The molecular weight excluding hydrogens is 774 g/mol. The average Bonchev–Trinajstić information content (AvgIpc) is 3.86. The minimum atomic E-state index is 0. The van der Waals surface area contributed by atoms with Crippen molar-refractivity contribution in [3.05, 3.63) is 164 Å². The van der Waals surface area contributed by atoms with E-state index in [-0.39, 0.29) is 21.1 Å². The van der Waals surface area contributed by atoms with Crippen LogP contribution in [0.25, 0.3) is 49.9 Å². The molecule has 48 heavy (non-hydrogen) atoms. The number of aromatic nitrogens is 3. The van der Waals surface area contributed by atoms with Crippen LogP contribution in [0, 0.1) is 25.7 Å². The molecule has 7 heteroatoms. The van der Waals surface area contributed by atoms with Gasteiger partial charge in [-0.3, -0.25) is 0 Å².